The van der Waals surface area contributed by atoms with Crippen LogP contribution in [0.3, 0.4) is 0 Å². The van der Waals surface area contributed by atoms with Crippen LogP contribution in [0, 0.1) is 12.1 Å². The molecule has 261 valence electrons. The zero-order chi connectivity index (χ0) is 38.1. The maximum atomic E-state index is 8.93. The predicted octanol–water partition coefficient (Wildman–Crippen LogP) is 12.4. The molecule has 3 aromatic heterocycles. The summed E-state index contributed by atoms with van der Waals surface area (Å²) in [6.07, 6.45) is 2.01. The van der Waals surface area contributed by atoms with Crippen LogP contribution in [-0.2, 0) is 26.5 Å². The van der Waals surface area contributed by atoms with E-state index in [-0.39, 0.29) is 20.1 Å². The average Bonchev–Trinajstić information content (AvgIpc) is 3.57. The molecule has 0 amide bonds. The summed E-state index contributed by atoms with van der Waals surface area (Å²) in [6.45, 7) is 3.67. The van der Waals surface area contributed by atoms with Gasteiger partial charge in [-0.3, -0.25) is 0 Å². The molecular formula is C47H42GeIrN2S-2. The predicted molar refractivity (Wildman–Crippen MR) is 222 cm³/mol. The van der Waals surface area contributed by atoms with E-state index in [9.17, 15) is 0 Å². The van der Waals surface area contributed by atoms with E-state index in [0.717, 1.165) is 32.5 Å². The topological polar surface area (TPSA) is 25.8 Å². The number of hydrogen-bond acceptors (Lipinski definition) is 3. The molecule has 0 saturated heterocycles. The largest absolute Gasteiger partial charge is 0 e. The number of rotatable bonds is 7. The van der Waals surface area contributed by atoms with Gasteiger partial charge in [-0.2, -0.15) is 11.3 Å². The molecule has 0 saturated carbocycles. The third kappa shape index (κ3) is 8.70. The molecule has 5 heteroatoms. The van der Waals surface area contributed by atoms with E-state index < -0.39 is 25.5 Å². The van der Waals surface area contributed by atoms with Gasteiger partial charge in [0.15, 0.2) is 0 Å². The first-order valence-electron chi connectivity index (χ1n) is 18.7. The van der Waals surface area contributed by atoms with Crippen molar-refractivity contribution in [1.29, 1.82) is 0 Å². The van der Waals surface area contributed by atoms with Crippen LogP contribution in [0.5, 0.6) is 0 Å². The zero-order valence-electron chi connectivity index (χ0n) is 33.0. The number of benzene rings is 5. The number of fused-ring (bicyclic) bond motifs is 3. The maximum absolute atomic E-state index is 8.93. The maximum Gasteiger partial charge on any atom is 0 e. The molecule has 0 fully saturated rings. The van der Waals surface area contributed by atoms with Gasteiger partial charge in [-0.15, -0.1) is 23.8 Å². The minimum absolute atomic E-state index is 0. The SMILES string of the molecule is [2H]C(C)(C)c1ccc(C([2H])([2H])c2ccnc(-c3[c-]ccc4c3sc3cc(-c5ccccc5)ccc34)c2)cc1.[CH3][Ge]([CH3])([CH3])[c]1ccc(-c2[c-]cccc2)nc1.[Ir]. The van der Waals surface area contributed by atoms with Gasteiger partial charge in [-0.25, -0.2) is 0 Å². The molecular weight excluding hydrogens is 889 g/mol. The van der Waals surface area contributed by atoms with Gasteiger partial charge in [0.05, 0.1) is 0 Å². The second kappa shape index (κ2) is 16.7. The molecule has 2 nitrogen and oxygen atoms in total. The third-order valence-electron chi connectivity index (χ3n) is 8.92. The van der Waals surface area contributed by atoms with E-state index in [2.05, 4.69) is 100 Å². The number of pyridine rings is 2. The van der Waals surface area contributed by atoms with Crippen LogP contribution in [0.15, 0.2) is 146 Å². The number of hydrogen-bond donors (Lipinski definition) is 0. The van der Waals surface area contributed by atoms with Gasteiger partial charge in [0.2, 0.25) is 0 Å². The van der Waals surface area contributed by atoms with Gasteiger partial charge in [-0.05, 0) is 68.0 Å². The Morgan fingerprint density at radius 2 is 1.50 bits per heavy atom. The van der Waals surface area contributed by atoms with E-state index in [1.165, 1.54) is 25.6 Å². The Balaban J connectivity index is 0.000000254. The molecule has 8 rings (SSSR count). The van der Waals surface area contributed by atoms with Gasteiger partial charge in [0.25, 0.3) is 0 Å². The van der Waals surface area contributed by atoms with Crippen LogP contribution in [0.2, 0.25) is 17.3 Å². The Labute approximate surface area is 333 Å². The van der Waals surface area contributed by atoms with Crippen LogP contribution in [0.1, 0.15) is 40.5 Å². The van der Waals surface area contributed by atoms with Crippen molar-refractivity contribution in [1.82, 2.24) is 9.97 Å². The van der Waals surface area contributed by atoms with E-state index in [0.29, 0.717) is 16.8 Å². The third-order valence-corrected chi connectivity index (χ3v) is 14.4. The Morgan fingerprint density at radius 3 is 2.19 bits per heavy atom. The van der Waals surface area contributed by atoms with E-state index in [1.54, 1.807) is 35.7 Å². The van der Waals surface area contributed by atoms with E-state index in [4.69, 9.17) is 4.11 Å². The summed E-state index contributed by atoms with van der Waals surface area (Å²) in [5.41, 5.74) is 7.99. The Morgan fingerprint density at radius 1 is 0.712 bits per heavy atom. The summed E-state index contributed by atoms with van der Waals surface area (Å²) < 4.78 is 29.9. The summed E-state index contributed by atoms with van der Waals surface area (Å²) in [5, 5.41) is 2.35. The van der Waals surface area contributed by atoms with Crippen molar-refractivity contribution < 1.29 is 24.2 Å². The van der Waals surface area contributed by atoms with Gasteiger partial charge < -0.3 is 4.98 Å². The van der Waals surface area contributed by atoms with Gasteiger partial charge in [0.1, 0.15) is 0 Å². The summed E-state index contributed by atoms with van der Waals surface area (Å²) in [7, 11) is 0. The van der Waals surface area contributed by atoms with Crippen LogP contribution in [0.4, 0.5) is 0 Å². The van der Waals surface area contributed by atoms with Crippen molar-refractivity contribution in [3.8, 4) is 33.6 Å². The van der Waals surface area contributed by atoms with Crippen LogP contribution >= 0.6 is 11.3 Å². The molecule has 0 aliphatic heterocycles. The number of aromatic nitrogens is 2. The van der Waals surface area contributed by atoms with Crippen LogP contribution < -0.4 is 4.40 Å². The Hall–Kier alpha value is -4.19. The molecule has 52 heavy (non-hydrogen) atoms. The number of nitrogens with zero attached hydrogens (tertiary/aromatic N) is 2. The fourth-order valence-electron chi connectivity index (χ4n) is 5.99. The second-order valence-electron chi connectivity index (χ2n) is 13.9. The Bertz CT molecular complexity index is 2530. The van der Waals surface area contributed by atoms with Crippen molar-refractivity contribution in [2.75, 3.05) is 0 Å². The van der Waals surface area contributed by atoms with Gasteiger partial charge in [0, 0.05) is 35.1 Å². The molecule has 0 aliphatic rings. The van der Waals surface area contributed by atoms with Crippen molar-refractivity contribution in [2.24, 2.45) is 0 Å². The van der Waals surface area contributed by atoms with Crippen LogP contribution in [-0.4, -0.2) is 23.2 Å². The standard InChI is InChI=1S/C33H26NS.C14H16GeN.Ir/c1-22(2)25-13-11-23(12-14-25)19-24-17-18-34-31(20-24)30-10-6-9-29-28-16-15-27(21-32(28)35-33(29)30)26-7-4-3-5-8-26;1-15(2,3)13-9-10-14(16-11-13)12-7-5-4-6-8-12;/h3-9,11-18,20-22H,19H2,1-2H3;4-7,9-11H,1-3H3;/q2*-1;/i19D2,22D;;. The average molecular weight is 935 g/mol. The molecule has 0 atom stereocenters. The van der Waals surface area contributed by atoms with Crippen molar-refractivity contribution in [3.63, 3.8) is 0 Å². The molecule has 5 aromatic carbocycles. The monoisotopic (exact) mass is 936 g/mol. The zero-order valence-corrected chi connectivity index (χ0v) is 35.3. The van der Waals surface area contributed by atoms with Crippen molar-refractivity contribution >= 4 is 49.2 Å². The Kier molecular flexibility index (Phi) is 10.8. The fraction of sp³-hybridized carbons (Fsp3) is 0.149. The minimum atomic E-state index is -1.72. The van der Waals surface area contributed by atoms with Crippen LogP contribution in [0.25, 0.3) is 53.8 Å². The first kappa shape index (κ1) is 33.6. The summed E-state index contributed by atoms with van der Waals surface area (Å²) in [4.78, 5) is 9.16. The molecule has 0 N–H and O–H groups in total. The molecule has 3 heterocycles. The van der Waals surface area contributed by atoms with E-state index in [1.807, 2.05) is 74.6 Å². The first-order valence-corrected chi connectivity index (χ1v) is 25.4. The van der Waals surface area contributed by atoms with E-state index >= 15 is 0 Å². The first-order chi connectivity index (χ1) is 25.8. The molecule has 0 aliphatic carbocycles. The van der Waals surface area contributed by atoms with Gasteiger partial charge >= 0.3 is 99.8 Å². The summed E-state index contributed by atoms with van der Waals surface area (Å²) in [5.74, 6) is 6.41. The van der Waals surface area contributed by atoms with Gasteiger partial charge in [-0.1, -0.05) is 92.0 Å². The second-order valence-corrected chi connectivity index (χ2v) is 25.6. The summed E-state index contributed by atoms with van der Waals surface area (Å²) in [6, 6.07) is 50.7. The summed E-state index contributed by atoms with van der Waals surface area (Å²) >= 11 is 0.00689. The smallest absolute Gasteiger partial charge is 0 e. The minimum Gasteiger partial charge on any atom is 0 e. The molecule has 8 aromatic rings. The number of thiophene rings is 1. The quantitative estimate of drug-likeness (QED) is 0.118. The normalized spacial score (nSPS) is 12.6. The molecule has 0 bridgehead atoms. The molecule has 0 spiro atoms. The fourth-order valence-corrected chi connectivity index (χ4v) is 9.41. The van der Waals surface area contributed by atoms with Crippen molar-refractivity contribution in [2.45, 2.75) is 43.4 Å². The van der Waals surface area contributed by atoms with Crippen molar-refractivity contribution in [3.05, 3.63) is 175 Å². The molecule has 1 radical (unpaired) electrons. The molecule has 0 unspecified atom stereocenters.